The van der Waals surface area contributed by atoms with E-state index >= 15 is 0 Å². The lowest BCUT2D eigenvalue weighted by atomic mass is 10.0. The monoisotopic (exact) mass is 532 g/mol. The van der Waals surface area contributed by atoms with Crippen LogP contribution < -0.4 is 15.6 Å². The number of likely N-dealkylation sites (N-methyl/N-ethyl adjacent to an activating group) is 1. The molecule has 1 aromatic heterocycles. The minimum atomic E-state index is -5.03. The van der Waals surface area contributed by atoms with E-state index in [0.29, 0.717) is 11.9 Å². The zero-order chi connectivity index (χ0) is 27.3. The van der Waals surface area contributed by atoms with Crippen molar-refractivity contribution in [1.29, 1.82) is 5.26 Å². The Morgan fingerprint density at radius 3 is 2.54 bits per heavy atom. The van der Waals surface area contributed by atoms with Crippen LogP contribution in [0.2, 0.25) is 5.02 Å². The molecule has 0 aliphatic heterocycles. The highest BCUT2D eigenvalue weighted by atomic mass is 35.5. The van der Waals surface area contributed by atoms with Crippen molar-refractivity contribution >= 4 is 23.1 Å². The lowest BCUT2D eigenvalue weighted by Gasteiger charge is -2.15. The molecule has 0 aliphatic rings. The Morgan fingerprint density at radius 1 is 1.27 bits per heavy atom. The Kier molecular flexibility index (Phi) is 8.14. The van der Waals surface area contributed by atoms with Crippen molar-refractivity contribution in [3.8, 4) is 17.6 Å². The zero-order valence-corrected chi connectivity index (χ0v) is 19.8. The molecule has 0 radical (unpaired) electrons. The third kappa shape index (κ3) is 6.62. The first-order chi connectivity index (χ1) is 17.4. The van der Waals surface area contributed by atoms with Gasteiger partial charge in [0.15, 0.2) is 5.69 Å². The molecule has 0 saturated heterocycles. The molecular formula is C25H17ClF4N4O3. The van der Waals surface area contributed by atoms with Crippen LogP contribution in [0.15, 0.2) is 71.8 Å². The molecule has 7 nitrogen and oxygen atoms in total. The molecule has 0 spiro atoms. The number of nitriles is 1. The summed E-state index contributed by atoms with van der Waals surface area (Å²) in [5.41, 5.74) is -2.20. The molecule has 0 fully saturated rings. The van der Waals surface area contributed by atoms with E-state index in [9.17, 15) is 27.2 Å². The fraction of sp³-hybridized carbons (Fsp3) is 0.120. The number of alkyl halides is 3. The van der Waals surface area contributed by atoms with E-state index in [1.165, 1.54) is 31.3 Å². The standard InChI is InChI=1S/C25H17ClF4N4O3/c1-14(7-20(23(35)32-2)16-3-5-18(27)6-4-16)12-34-13-33-22(25(28,29)30)21(24(34)36)37-19-9-15(11-31)8-17(26)10-19/h3-10,13H,1,12H2,2H3,(H,32,35)/b20-7-. The molecule has 37 heavy (non-hydrogen) atoms. The molecule has 3 aromatic rings. The van der Waals surface area contributed by atoms with Gasteiger partial charge in [0.1, 0.15) is 11.6 Å². The first-order valence-electron chi connectivity index (χ1n) is 10.4. The minimum Gasteiger partial charge on any atom is -0.449 e. The summed E-state index contributed by atoms with van der Waals surface area (Å²) in [6, 6.07) is 10.3. The Morgan fingerprint density at radius 2 is 1.95 bits per heavy atom. The third-order valence-corrected chi connectivity index (χ3v) is 5.05. The topological polar surface area (TPSA) is 97.0 Å². The maximum atomic E-state index is 13.6. The minimum absolute atomic E-state index is 0.00122. The van der Waals surface area contributed by atoms with Gasteiger partial charge in [-0.05, 0) is 47.5 Å². The Labute approximate surface area is 212 Å². The summed E-state index contributed by atoms with van der Waals surface area (Å²) >= 11 is 5.89. The lowest BCUT2D eigenvalue weighted by molar-refractivity contribution is -0.142. The Hall–Kier alpha value is -4.43. The van der Waals surface area contributed by atoms with Crippen molar-refractivity contribution in [2.75, 3.05) is 7.05 Å². The van der Waals surface area contributed by atoms with Crippen molar-refractivity contribution in [3.05, 3.63) is 105 Å². The van der Waals surface area contributed by atoms with Crippen LogP contribution in [0.3, 0.4) is 0 Å². The SMILES string of the molecule is C=C(/C=C(\C(=O)NC)c1ccc(F)cc1)Cn1cnc(C(F)(F)F)c(Oc2cc(Cl)cc(C#N)c2)c1=O. The fourth-order valence-electron chi connectivity index (χ4n) is 3.19. The molecular weight excluding hydrogens is 516 g/mol. The van der Waals surface area contributed by atoms with E-state index in [4.69, 9.17) is 21.6 Å². The predicted molar refractivity (Wildman–Crippen MR) is 127 cm³/mol. The average Bonchev–Trinajstić information content (AvgIpc) is 2.84. The third-order valence-electron chi connectivity index (χ3n) is 4.83. The van der Waals surface area contributed by atoms with Gasteiger partial charge in [0, 0.05) is 17.6 Å². The molecule has 0 unspecified atom stereocenters. The van der Waals surface area contributed by atoms with Crippen LogP contribution in [0, 0.1) is 17.1 Å². The van der Waals surface area contributed by atoms with Crippen LogP contribution in [0.4, 0.5) is 17.6 Å². The number of nitrogens with zero attached hydrogens (tertiary/aromatic N) is 3. The van der Waals surface area contributed by atoms with Gasteiger partial charge < -0.3 is 10.1 Å². The highest BCUT2D eigenvalue weighted by Gasteiger charge is 2.38. The maximum absolute atomic E-state index is 13.6. The van der Waals surface area contributed by atoms with E-state index < -0.39 is 34.9 Å². The molecule has 0 atom stereocenters. The molecule has 1 N–H and O–H groups in total. The zero-order valence-electron chi connectivity index (χ0n) is 19.1. The molecule has 0 aliphatic carbocycles. The average molecular weight is 533 g/mol. The smallest absolute Gasteiger partial charge is 0.437 e. The molecule has 3 rings (SSSR count). The number of benzene rings is 2. The highest BCUT2D eigenvalue weighted by molar-refractivity contribution is 6.30. The van der Waals surface area contributed by atoms with E-state index in [-0.39, 0.29) is 34.0 Å². The molecule has 0 bridgehead atoms. The Balaban J connectivity index is 2.03. The number of hydrogen-bond acceptors (Lipinski definition) is 5. The quantitative estimate of drug-likeness (QED) is 0.259. The van der Waals surface area contributed by atoms with Gasteiger partial charge in [-0.25, -0.2) is 9.37 Å². The molecule has 190 valence electrons. The largest absolute Gasteiger partial charge is 0.449 e. The van der Waals surface area contributed by atoms with E-state index in [2.05, 4.69) is 16.9 Å². The van der Waals surface area contributed by atoms with Gasteiger partial charge in [-0.3, -0.25) is 14.2 Å². The number of ether oxygens (including phenoxy) is 1. The number of allylic oxidation sites excluding steroid dienone is 2. The van der Waals surface area contributed by atoms with E-state index in [0.717, 1.165) is 28.8 Å². The number of carbonyl (C=O) groups excluding carboxylic acids is 1. The number of carbonyl (C=O) groups is 1. The summed E-state index contributed by atoms with van der Waals surface area (Å²) in [5.74, 6) is -2.47. The summed E-state index contributed by atoms with van der Waals surface area (Å²) in [7, 11) is 1.38. The van der Waals surface area contributed by atoms with Crippen LogP contribution >= 0.6 is 11.6 Å². The number of rotatable bonds is 7. The second kappa shape index (κ2) is 11.1. The highest BCUT2D eigenvalue weighted by Crippen LogP contribution is 2.35. The van der Waals surface area contributed by atoms with Gasteiger partial charge in [-0.2, -0.15) is 18.4 Å². The van der Waals surface area contributed by atoms with Crippen LogP contribution in [-0.2, 0) is 17.5 Å². The van der Waals surface area contributed by atoms with Crippen molar-refractivity contribution in [3.63, 3.8) is 0 Å². The molecule has 2 aromatic carbocycles. The number of nitrogens with one attached hydrogen (secondary N) is 1. The van der Waals surface area contributed by atoms with Crippen molar-refractivity contribution in [2.24, 2.45) is 0 Å². The molecule has 12 heteroatoms. The van der Waals surface area contributed by atoms with Crippen LogP contribution in [0.5, 0.6) is 11.5 Å². The molecule has 0 saturated carbocycles. The van der Waals surface area contributed by atoms with Crippen LogP contribution in [0.1, 0.15) is 16.8 Å². The fourth-order valence-corrected chi connectivity index (χ4v) is 3.42. The normalized spacial score (nSPS) is 11.5. The summed E-state index contributed by atoms with van der Waals surface area (Å²) in [6.45, 7) is 3.42. The maximum Gasteiger partial charge on any atom is 0.437 e. The lowest BCUT2D eigenvalue weighted by Crippen LogP contribution is -2.27. The second-order valence-electron chi connectivity index (χ2n) is 7.54. The number of hydrogen-bond donors (Lipinski definition) is 1. The predicted octanol–water partition coefficient (Wildman–Crippen LogP) is 5.10. The Bertz CT molecular complexity index is 1490. The van der Waals surface area contributed by atoms with Gasteiger partial charge in [0.25, 0.3) is 11.5 Å². The summed E-state index contributed by atoms with van der Waals surface area (Å²) in [5, 5.41) is 11.5. The number of halogens is 5. The number of amides is 1. The van der Waals surface area contributed by atoms with E-state index in [1.807, 2.05) is 0 Å². The van der Waals surface area contributed by atoms with E-state index in [1.54, 1.807) is 6.07 Å². The first-order valence-corrected chi connectivity index (χ1v) is 10.7. The van der Waals surface area contributed by atoms with Crippen LogP contribution in [-0.4, -0.2) is 22.5 Å². The second-order valence-corrected chi connectivity index (χ2v) is 7.98. The van der Waals surface area contributed by atoms with Gasteiger partial charge >= 0.3 is 6.18 Å². The molecule has 1 heterocycles. The first kappa shape index (κ1) is 27.2. The van der Waals surface area contributed by atoms with Gasteiger partial charge in [-0.15, -0.1) is 0 Å². The van der Waals surface area contributed by atoms with Gasteiger partial charge in [0.2, 0.25) is 5.75 Å². The van der Waals surface area contributed by atoms with Crippen LogP contribution in [0.25, 0.3) is 5.57 Å². The summed E-state index contributed by atoms with van der Waals surface area (Å²) in [6.07, 6.45) is -3.05. The van der Waals surface area contributed by atoms with Crippen molar-refractivity contribution < 1.29 is 27.1 Å². The van der Waals surface area contributed by atoms with Crippen molar-refractivity contribution in [2.45, 2.75) is 12.7 Å². The van der Waals surface area contributed by atoms with Gasteiger partial charge in [-0.1, -0.05) is 30.3 Å². The van der Waals surface area contributed by atoms with Gasteiger partial charge in [0.05, 0.1) is 24.5 Å². The van der Waals surface area contributed by atoms with Crippen molar-refractivity contribution in [1.82, 2.24) is 14.9 Å². The summed E-state index contributed by atoms with van der Waals surface area (Å²) in [4.78, 5) is 28.7. The number of aromatic nitrogens is 2. The summed E-state index contributed by atoms with van der Waals surface area (Å²) < 4.78 is 60.1. The molecule has 1 amide bonds.